The SMILES string of the molecule is Cn1c2c(c(=O)n(C)c1=O)[C@@H](CC(N)=O)NS2. The zero-order valence-electron chi connectivity index (χ0n) is 9.39. The van der Waals surface area contributed by atoms with Gasteiger partial charge >= 0.3 is 5.69 Å². The highest BCUT2D eigenvalue weighted by molar-refractivity contribution is 7.97. The maximum atomic E-state index is 12.0. The molecule has 7 nitrogen and oxygen atoms in total. The molecule has 0 aromatic carbocycles. The molecule has 1 aliphatic rings. The van der Waals surface area contributed by atoms with E-state index in [-0.39, 0.29) is 17.7 Å². The van der Waals surface area contributed by atoms with Crippen LogP contribution in [-0.2, 0) is 18.9 Å². The van der Waals surface area contributed by atoms with Crippen LogP contribution < -0.4 is 21.7 Å². The zero-order valence-corrected chi connectivity index (χ0v) is 10.2. The Balaban J connectivity index is 2.64. The maximum Gasteiger partial charge on any atom is 0.331 e. The number of carbonyl (C=O) groups excluding carboxylic acids is 1. The predicted molar refractivity (Wildman–Crippen MR) is 62.5 cm³/mol. The molecule has 8 heteroatoms. The van der Waals surface area contributed by atoms with Crippen molar-refractivity contribution in [2.24, 2.45) is 19.8 Å². The molecule has 0 radical (unpaired) electrons. The second-order valence-electron chi connectivity index (χ2n) is 3.87. The van der Waals surface area contributed by atoms with Gasteiger partial charge in [-0.05, 0) is 11.9 Å². The first-order valence-corrected chi connectivity index (χ1v) is 5.75. The van der Waals surface area contributed by atoms with E-state index < -0.39 is 11.9 Å². The lowest BCUT2D eigenvalue weighted by Crippen LogP contribution is -2.40. The summed E-state index contributed by atoms with van der Waals surface area (Å²) < 4.78 is 5.34. The van der Waals surface area contributed by atoms with Crippen molar-refractivity contribution in [2.45, 2.75) is 17.5 Å². The number of amides is 1. The molecule has 0 aliphatic carbocycles. The summed E-state index contributed by atoms with van der Waals surface area (Å²) in [6.07, 6.45) is 0.0352. The Morgan fingerprint density at radius 2 is 2.06 bits per heavy atom. The third-order valence-electron chi connectivity index (χ3n) is 2.70. The van der Waals surface area contributed by atoms with Crippen molar-refractivity contribution in [3.8, 4) is 0 Å². The Morgan fingerprint density at radius 1 is 1.41 bits per heavy atom. The molecule has 0 spiro atoms. The molecular formula is C9H12N4O3S. The van der Waals surface area contributed by atoms with Gasteiger partial charge in [-0.1, -0.05) is 0 Å². The summed E-state index contributed by atoms with van der Waals surface area (Å²) in [5, 5.41) is 0.546. The van der Waals surface area contributed by atoms with Gasteiger partial charge in [0.05, 0.1) is 11.6 Å². The van der Waals surface area contributed by atoms with Crippen molar-refractivity contribution in [3.05, 3.63) is 26.4 Å². The highest BCUT2D eigenvalue weighted by atomic mass is 32.2. The number of hydrogen-bond acceptors (Lipinski definition) is 5. The van der Waals surface area contributed by atoms with E-state index in [1.54, 1.807) is 7.05 Å². The molecule has 0 unspecified atom stereocenters. The number of nitrogens with zero attached hydrogens (tertiary/aromatic N) is 2. The molecule has 1 atom stereocenters. The molecule has 0 saturated heterocycles. The highest BCUT2D eigenvalue weighted by Gasteiger charge is 2.30. The fourth-order valence-electron chi connectivity index (χ4n) is 1.80. The standard InChI is InChI=1S/C9H12N4O3S/c1-12-7(15)6-4(3-5(10)14)11-17-8(6)13(2)9(12)16/h4,11H,3H2,1-2H3,(H2,10,14)/t4-/m1/s1. The maximum absolute atomic E-state index is 12.0. The van der Waals surface area contributed by atoms with Crippen LogP contribution in [0.1, 0.15) is 18.0 Å². The lowest BCUT2D eigenvalue weighted by Gasteiger charge is -2.10. The summed E-state index contributed by atoms with van der Waals surface area (Å²) >= 11 is 1.17. The van der Waals surface area contributed by atoms with Gasteiger partial charge in [0.2, 0.25) is 5.91 Å². The van der Waals surface area contributed by atoms with E-state index in [9.17, 15) is 14.4 Å². The summed E-state index contributed by atoms with van der Waals surface area (Å²) in [4.78, 5) is 34.5. The zero-order chi connectivity index (χ0) is 12.7. The minimum atomic E-state index is -0.494. The normalized spacial score (nSPS) is 18.1. The first-order chi connectivity index (χ1) is 7.93. The van der Waals surface area contributed by atoms with Gasteiger partial charge in [0.1, 0.15) is 5.03 Å². The fraction of sp³-hybridized carbons (Fsp3) is 0.444. The van der Waals surface area contributed by atoms with Gasteiger partial charge in [0.15, 0.2) is 0 Å². The number of rotatable bonds is 2. The van der Waals surface area contributed by atoms with Gasteiger partial charge in [-0.3, -0.25) is 23.4 Å². The van der Waals surface area contributed by atoms with Crippen LogP contribution in [0.4, 0.5) is 0 Å². The highest BCUT2D eigenvalue weighted by Crippen LogP contribution is 2.32. The second-order valence-corrected chi connectivity index (χ2v) is 4.69. The Morgan fingerprint density at radius 3 is 2.65 bits per heavy atom. The summed E-state index contributed by atoms with van der Waals surface area (Å²) in [6, 6.07) is -0.432. The van der Waals surface area contributed by atoms with Crippen molar-refractivity contribution in [2.75, 3.05) is 0 Å². The first-order valence-electron chi connectivity index (χ1n) is 4.94. The van der Waals surface area contributed by atoms with Gasteiger partial charge in [-0.2, -0.15) is 0 Å². The predicted octanol–water partition coefficient (Wildman–Crippen LogP) is -1.39. The van der Waals surface area contributed by atoms with E-state index in [1.807, 2.05) is 0 Å². The minimum Gasteiger partial charge on any atom is -0.370 e. The number of aromatic nitrogens is 2. The summed E-state index contributed by atoms with van der Waals surface area (Å²) in [7, 11) is 3.00. The minimum absolute atomic E-state index is 0.0352. The Kier molecular flexibility index (Phi) is 2.84. The molecule has 1 amide bonds. The monoisotopic (exact) mass is 256 g/mol. The molecule has 0 bridgehead atoms. The van der Waals surface area contributed by atoms with Crippen LogP contribution >= 0.6 is 11.9 Å². The van der Waals surface area contributed by atoms with Gasteiger partial charge in [0, 0.05) is 20.5 Å². The Labute approximate surface area is 101 Å². The smallest absolute Gasteiger partial charge is 0.331 e. The molecule has 1 aromatic heterocycles. The van der Waals surface area contributed by atoms with E-state index >= 15 is 0 Å². The number of primary amides is 1. The number of fused-ring (bicyclic) bond motifs is 1. The molecule has 17 heavy (non-hydrogen) atoms. The van der Waals surface area contributed by atoms with Gasteiger partial charge in [-0.25, -0.2) is 4.79 Å². The third kappa shape index (κ3) is 1.79. The van der Waals surface area contributed by atoms with Crippen LogP contribution in [0, 0.1) is 0 Å². The van der Waals surface area contributed by atoms with Crippen LogP contribution in [0.5, 0.6) is 0 Å². The number of nitrogens with two attached hydrogens (primary N) is 1. The average Bonchev–Trinajstić information content (AvgIpc) is 2.66. The van der Waals surface area contributed by atoms with E-state index in [1.165, 1.54) is 23.6 Å². The lowest BCUT2D eigenvalue weighted by molar-refractivity contribution is -0.118. The van der Waals surface area contributed by atoms with Crippen LogP contribution in [-0.4, -0.2) is 15.0 Å². The van der Waals surface area contributed by atoms with Crippen molar-refractivity contribution in [1.29, 1.82) is 0 Å². The third-order valence-corrected chi connectivity index (χ3v) is 3.79. The van der Waals surface area contributed by atoms with Crippen LogP contribution in [0.15, 0.2) is 14.6 Å². The van der Waals surface area contributed by atoms with Crippen LogP contribution in [0.2, 0.25) is 0 Å². The number of carbonyl (C=O) groups is 1. The van der Waals surface area contributed by atoms with E-state index in [0.717, 1.165) is 4.57 Å². The summed E-state index contributed by atoms with van der Waals surface area (Å²) in [5.41, 5.74) is 4.78. The quantitative estimate of drug-likeness (QED) is 0.501. The van der Waals surface area contributed by atoms with Crippen LogP contribution in [0.25, 0.3) is 0 Å². The molecule has 0 saturated carbocycles. The average molecular weight is 256 g/mol. The summed E-state index contributed by atoms with van der Waals surface area (Å²) in [6.45, 7) is 0. The molecule has 1 aromatic rings. The molecule has 0 fully saturated rings. The first kappa shape index (κ1) is 11.9. The second kappa shape index (κ2) is 4.04. The molecule has 3 N–H and O–H groups in total. The topological polar surface area (TPSA) is 99.1 Å². The van der Waals surface area contributed by atoms with Crippen molar-refractivity contribution in [3.63, 3.8) is 0 Å². The van der Waals surface area contributed by atoms with Crippen molar-refractivity contribution < 1.29 is 4.79 Å². The van der Waals surface area contributed by atoms with Crippen molar-refractivity contribution >= 4 is 17.9 Å². The Bertz CT molecular complexity index is 603. The molecule has 2 heterocycles. The number of hydrogen-bond donors (Lipinski definition) is 2. The molecule has 1 aliphatic heterocycles. The fourth-order valence-corrected chi connectivity index (χ4v) is 2.81. The Hall–Kier alpha value is -1.54. The largest absolute Gasteiger partial charge is 0.370 e. The van der Waals surface area contributed by atoms with E-state index in [0.29, 0.717) is 10.6 Å². The van der Waals surface area contributed by atoms with Crippen LogP contribution in [0.3, 0.4) is 0 Å². The van der Waals surface area contributed by atoms with Crippen molar-refractivity contribution in [1.82, 2.24) is 13.9 Å². The molecular weight excluding hydrogens is 244 g/mol. The molecule has 2 rings (SSSR count). The van der Waals surface area contributed by atoms with Gasteiger partial charge in [-0.15, -0.1) is 0 Å². The van der Waals surface area contributed by atoms with E-state index in [2.05, 4.69) is 4.72 Å². The van der Waals surface area contributed by atoms with E-state index in [4.69, 9.17) is 5.73 Å². The van der Waals surface area contributed by atoms with Gasteiger partial charge < -0.3 is 5.73 Å². The summed E-state index contributed by atoms with van der Waals surface area (Å²) in [5.74, 6) is -0.494. The number of nitrogens with one attached hydrogen (secondary N) is 1. The molecule has 92 valence electrons. The van der Waals surface area contributed by atoms with Gasteiger partial charge in [0.25, 0.3) is 5.56 Å². The lowest BCUT2D eigenvalue weighted by atomic mass is 10.1.